The molecule has 1 aliphatic rings. The Hall–Kier alpha value is -1.94. The molecule has 14 heteroatoms. The van der Waals surface area contributed by atoms with Gasteiger partial charge in [0.1, 0.15) is 30.2 Å². The molecule has 0 aromatic carbocycles. The fourth-order valence-electron chi connectivity index (χ4n) is 2.17. The number of nitrogens with two attached hydrogens (primary N) is 2. The summed E-state index contributed by atoms with van der Waals surface area (Å²) in [5.41, 5.74) is 6.44. The van der Waals surface area contributed by atoms with E-state index >= 15 is 0 Å². The van der Waals surface area contributed by atoms with Gasteiger partial charge in [0, 0.05) is 0 Å². The van der Waals surface area contributed by atoms with E-state index in [1.54, 1.807) is 0 Å². The SMILES string of the molecule is NS(=O)(=O)O.Nc1ncnc2c1ncn2C1OC(CO)C(O)C1O. The van der Waals surface area contributed by atoms with Crippen molar-refractivity contribution >= 4 is 27.3 Å². The molecule has 2 aromatic heterocycles. The van der Waals surface area contributed by atoms with Crippen LogP contribution in [0.4, 0.5) is 5.82 Å². The van der Waals surface area contributed by atoms with Crippen LogP contribution in [-0.4, -0.2) is 72.7 Å². The van der Waals surface area contributed by atoms with Crippen LogP contribution in [0.3, 0.4) is 0 Å². The minimum absolute atomic E-state index is 0.218. The third-order valence-electron chi connectivity index (χ3n) is 3.18. The maximum atomic E-state index is 9.95. The fraction of sp³-hybridized carbons (Fsp3) is 0.500. The topological polar surface area (TPSA) is 220 Å². The summed E-state index contributed by atoms with van der Waals surface area (Å²) in [6.07, 6.45) is -1.42. The van der Waals surface area contributed by atoms with Crippen molar-refractivity contribution in [2.45, 2.75) is 24.5 Å². The van der Waals surface area contributed by atoms with Crippen LogP contribution >= 0.6 is 0 Å². The van der Waals surface area contributed by atoms with Gasteiger partial charge in [-0.05, 0) is 0 Å². The van der Waals surface area contributed by atoms with E-state index in [2.05, 4.69) is 20.1 Å². The molecule has 1 aliphatic heterocycles. The Morgan fingerprint density at radius 2 is 1.88 bits per heavy atom. The number of nitrogens with zero attached hydrogens (tertiary/aromatic N) is 4. The molecule has 1 fully saturated rings. The summed E-state index contributed by atoms with van der Waals surface area (Å²) in [4.78, 5) is 11.9. The Morgan fingerprint density at radius 1 is 1.25 bits per heavy atom. The Morgan fingerprint density at radius 3 is 2.42 bits per heavy atom. The smallest absolute Gasteiger partial charge is 0.330 e. The van der Waals surface area contributed by atoms with Crippen molar-refractivity contribution in [2.75, 3.05) is 12.3 Å². The highest BCUT2D eigenvalue weighted by Crippen LogP contribution is 2.31. The monoisotopic (exact) mass is 364 g/mol. The van der Waals surface area contributed by atoms with Gasteiger partial charge in [0.05, 0.1) is 12.9 Å². The molecule has 2 aromatic rings. The third-order valence-corrected chi connectivity index (χ3v) is 3.18. The maximum absolute atomic E-state index is 9.95. The summed E-state index contributed by atoms with van der Waals surface area (Å²) in [5, 5.41) is 32.6. The maximum Gasteiger partial charge on any atom is 0.330 e. The molecule has 8 N–H and O–H groups in total. The van der Waals surface area contributed by atoms with Gasteiger partial charge in [-0.1, -0.05) is 0 Å². The van der Waals surface area contributed by atoms with Gasteiger partial charge in [0.2, 0.25) is 0 Å². The number of rotatable bonds is 2. The van der Waals surface area contributed by atoms with Crippen LogP contribution in [0.5, 0.6) is 0 Å². The predicted molar refractivity (Wildman–Crippen MR) is 78.5 cm³/mol. The van der Waals surface area contributed by atoms with E-state index in [1.807, 2.05) is 0 Å². The molecule has 134 valence electrons. The lowest BCUT2D eigenvalue weighted by Crippen LogP contribution is -2.33. The zero-order valence-electron chi connectivity index (χ0n) is 12.0. The molecule has 0 amide bonds. The normalized spacial score (nSPS) is 27.0. The Labute approximate surface area is 135 Å². The number of hydrogen-bond acceptors (Lipinski definition) is 10. The number of imidazole rings is 1. The first-order valence-electron chi connectivity index (χ1n) is 6.44. The van der Waals surface area contributed by atoms with Gasteiger partial charge in [-0.2, -0.15) is 8.42 Å². The molecule has 3 heterocycles. The molecule has 0 bridgehead atoms. The number of aliphatic hydroxyl groups excluding tert-OH is 3. The first kappa shape index (κ1) is 18.4. The van der Waals surface area contributed by atoms with Crippen molar-refractivity contribution in [3.05, 3.63) is 12.7 Å². The Bertz CT molecular complexity index is 803. The minimum atomic E-state index is -4.17. The molecule has 4 unspecified atom stereocenters. The lowest BCUT2D eigenvalue weighted by atomic mass is 10.1. The van der Waals surface area contributed by atoms with E-state index in [9.17, 15) is 10.2 Å². The molecule has 0 aliphatic carbocycles. The highest BCUT2D eigenvalue weighted by Gasteiger charge is 2.43. The average Bonchev–Trinajstić information content (AvgIpc) is 3.01. The number of anilines is 1. The van der Waals surface area contributed by atoms with Gasteiger partial charge in [0.15, 0.2) is 17.7 Å². The highest BCUT2D eigenvalue weighted by molar-refractivity contribution is 7.83. The fourth-order valence-corrected chi connectivity index (χ4v) is 2.17. The van der Waals surface area contributed by atoms with Crippen molar-refractivity contribution in [3.63, 3.8) is 0 Å². The standard InChI is InChI=1S/C10H13N5O4.H3NO3S/c11-8-5-9(13-2-12-8)15(3-14-5)10-7(18)6(17)4(1-16)19-10;1-5(2,3)4/h2-4,6-7,10,16-18H,1H2,(H2,11,12,13);(H3,1,2,3,4). The van der Waals surface area contributed by atoms with Crippen LogP contribution in [0.25, 0.3) is 11.2 Å². The number of hydrogen-bond donors (Lipinski definition) is 6. The van der Waals surface area contributed by atoms with Crippen LogP contribution in [0.1, 0.15) is 6.23 Å². The number of aromatic nitrogens is 4. The molecule has 3 rings (SSSR count). The second kappa shape index (κ2) is 6.89. The van der Waals surface area contributed by atoms with E-state index < -0.39 is 41.5 Å². The van der Waals surface area contributed by atoms with E-state index in [4.69, 9.17) is 28.5 Å². The molecular weight excluding hydrogens is 348 g/mol. The summed E-state index contributed by atoms with van der Waals surface area (Å²) in [5.74, 6) is 0.218. The quantitative estimate of drug-likeness (QED) is 0.291. The van der Waals surface area contributed by atoms with Gasteiger partial charge in [0.25, 0.3) is 0 Å². The van der Waals surface area contributed by atoms with Crippen molar-refractivity contribution in [2.24, 2.45) is 5.14 Å². The second-order valence-corrected chi connectivity index (χ2v) is 5.86. The Kier molecular flexibility index (Phi) is 5.29. The Balaban J connectivity index is 0.000000368. The predicted octanol–water partition coefficient (Wildman–Crippen LogP) is -3.23. The number of nitrogen functional groups attached to an aromatic ring is 1. The third kappa shape index (κ3) is 3.93. The summed E-state index contributed by atoms with van der Waals surface area (Å²) >= 11 is 0. The lowest BCUT2D eigenvalue weighted by molar-refractivity contribution is -0.0511. The first-order chi connectivity index (χ1) is 11.1. The molecule has 0 spiro atoms. The van der Waals surface area contributed by atoms with Crippen molar-refractivity contribution in [1.82, 2.24) is 19.5 Å². The van der Waals surface area contributed by atoms with Gasteiger partial charge in [-0.15, -0.1) is 0 Å². The van der Waals surface area contributed by atoms with E-state index in [-0.39, 0.29) is 5.82 Å². The summed E-state index contributed by atoms with van der Waals surface area (Å²) in [7, 11) is -4.17. The molecule has 0 saturated carbocycles. The highest BCUT2D eigenvalue weighted by atomic mass is 32.2. The minimum Gasteiger partial charge on any atom is -0.394 e. The molecular formula is C10H16N6O7S. The number of aliphatic hydroxyl groups is 3. The molecule has 24 heavy (non-hydrogen) atoms. The zero-order chi connectivity index (χ0) is 18.1. The number of fused-ring (bicyclic) bond motifs is 1. The van der Waals surface area contributed by atoms with E-state index in [0.717, 1.165) is 0 Å². The van der Waals surface area contributed by atoms with Crippen LogP contribution in [0, 0.1) is 0 Å². The van der Waals surface area contributed by atoms with Crippen LogP contribution in [0.2, 0.25) is 0 Å². The largest absolute Gasteiger partial charge is 0.394 e. The van der Waals surface area contributed by atoms with Crippen LogP contribution in [0.15, 0.2) is 12.7 Å². The molecule has 4 atom stereocenters. The van der Waals surface area contributed by atoms with Gasteiger partial charge < -0.3 is 25.8 Å². The van der Waals surface area contributed by atoms with Gasteiger partial charge >= 0.3 is 10.3 Å². The van der Waals surface area contributed by atoms with E-state index in [1.165, 1.54) is 17.2 Å². The van der Waals surface area contributed by atoms with Crippen LogP contribution < -0.4 is 10.9 Å². The zero-order valence-corrected chi connectivity index (χ0v) is 12.9. The van der Waals surface area contributed by atoms with Gasteiger partial charge in [-0.3, -0.25) is 9.12 Å². The average molecular weight is 364 g/mol. The summed E-state index contributed by atoms with van der Waals surface area (Å²) in [6, 6.07) is 0. The first-order valence-corrected chi connectivity index (χ1v) is 7.94. The molecule has 13 nitrogen and oxygen atoms in total. The van der Waals surface area contributed by atoms with Crippen molar-refractivity contribution in [3.8, 4) is 0 Å². The van der Waals surface area contributed by atoms with E-state index in [0.29, 0.717) is 11.2 Å². The van der Waals surface area contributed by atoms with Crippen molar-refractivity contribution < 1.29 is 33.0 Å². The van der Waals surface area contributed by atoms with Crippen LogP contribution in [-0.2, 0) is 15.0 Å². The lowest BCUT2D eigenvalue weighted by Gasteiger charge is -2.16. The molecule has 1 saturated heterocycles. The molecule has 0 radical (unpaired) electrons. The summed E-state index contributed by atoms with van der Waals surface area (Å²) in [6.45, 7) is -0.390. The second-order valence-electron chi connectivity index (χ2n) is 4.83. The number of ether oxygens (including phenoxy) is 1. The van der Waals surface area contributed by atoms with Crippen molar-refractivity contribution in [1.29, 1.82) is 0 Å². The van der Waals surface area contributed by atoms with Gasteiger partial charge in [-0.25, -0.2) is 20.1 Å². The summed E-state index contributed by atoms with van der Waals surface area (Å²) < 4.78 is 32.1.